The molecule has 148 valence electrons. The number of hydrogen-bond acceptors (Lipinski definition) is 3. The van der Waals surface area contributed by atoms with Crippen LogP contribution in [0.2, 0.25) is 5.02 Å². The van der Waals surface area contributed by atoms with E-state index in [-0.39, 0.29) is 5.78 Å². The molecular weight excluding hydrogens is 380 g/mol. The number of carbonyl (C=O) groups excluding carboxylic acids is 1. The molecule has 2 aromatic rings. The summed E-state index contributed by atoms with van der Waals surface area (Å²) >= 11 is 6.16. The van der Waals surface area contributed by atoms with Gasteiger partial charge in [0.1, 0.15) is 0 Å². The second-order valence-corrected chi connectivity index (χ2v) is 8.25. The second kappa shape index (κ2) is 8.89. The van der Waals surface area contributed by atoms with Crippen molar-refractivity contribution < 1.29 is 4.79 Å². The van der Waals surface area contributed by atoms with Gasteiger partial charge in [0, 0.05) is 48.8 Å². The molecule has 1 aliphatic carbocycles. The van der Waals surface area contributed by atoms with Gasteiger partial charge in [-0.15, -0.1) is 0 Å². The van der Waals surface area contributed by atoms with E-state index >= 15 is 0 Å². The second-order valence-electron chi connectivity index (χ2n) is 7.82. The van der Waals surface area contributed by atoms with Crippen LogP contribution in [0.25, 0.3) is 5.57 Å². The number of rotatable bonds is 6. The molecule has 3 nitrogen and oxygen atoms in total. The van der Waals surface area contributed by atoms with Gasteiger partial charge in [-0.3, -0.25) is 9.69 Å². The molecule has 1 saturated heterocycles. The standard InChI is InChI=1S/C25H25ClN2O/c26-21-8-10-23-24(15-21)20(7-11-25(23)27)6-9-22(29)14-19-12-13-28(17-19)16-18-4-2-1-3-5-18/h1-5,7-8,10,14-15,27H,6,9,11-13,16-17H2/b19-14+,27-25?. The lowest BCUT2D eigenvalue weighted by atomic mass is 9.87. The van der Waals surface area contributed by atoms with E-state index in [2.05, 4.69) is 35.2 Å². The zero-order valence-electron chi connectivity index (χ0n) is 16.5. The third kappa shape index (κ3) is 4.92. The summed E-state index contributed by atoms with van der Waals surface area (Å²) in [6.07, 6.45) is 6.70. The first-order valence-corrected chi connectivity index (χ1v) is 10.5. The van der Waals surface area contributed by atoms with Gasteiger partial charge in [0.15, 0.2) is 5.78 Å². The fourth-order valence-electron chi connectivity index (χ4n) is 4.13. The summed E-state index contributed by atoms with van der Waals surface area (Å²) in [6, 6.07) is 16.1. The number of likely N-dealkylation sites (tertiary alicyclic amines) is 1. The van der Waals surface area contributed by atoms with Crippen LogP contribution >= 0.6 is 11.6 Å². The Labute approximate surface area is 177 Å². The van der Waals surface area contributed by atoms with E-state index in [1.807, 2.05) is 30.3 Å². The zero-order valence-corrected chi connectivity index (χ0v) is 17.2. The Hall–Kier alpha value is -2.49. The molecule has 0 aromatic heterocycles. The Balaban J connectivity index is 1.34. The maximum Gasteiger partial charge on any atom is 0.156 e. The summed E-state index contributed by atoms with van der Waals surface area (Å²) in [5.41, 5.74) is 6.22. The largest absolute Gasteiger partial charge is 0.304 e. The molecule has 0 amide bonds. The monoisotopic (exact) mass is 404 g/mol. The number of hydrogen-bond donors (Lipinski definition) is 1. The molecule has 4 heteroatoms. The predicted molar refractivity (Wildman–Crippen MR) is 120 cm³/mol. The Morgan fingerprint density at radius 1 is 1.14 bits per heavy atom. The zero-order chi connectivity index (χ0) is 20.2. The highest BCUT2D eigenvalue weighted by Gasteiger charge is 2.19. The summed E-state index contributed by atoms with van der Waals surface area (Å²) in [6.45, 7) is 2.81. The van der Waals surface area contributed by atoms with Crippen LogP contribution in [-0.4, -0.2) is 29.5 Å². The summed E-state index contributed by atoms with van der Waals surface area (Å²) in [4.78, 5) is 15.0. The summed E-state index contributed by atoms with van der Waals surface area (Å²) in [5, 5.41) is 8.80. The third-order valence-electron chi connectivity index (χ3n) is 5.64. The molecule has 1 heterocycles. The Morgan fingerprint density at radius 2 is 1.97 bits per heavy atom. The highest BCUT2D eigenvalue weighted by molar-refractivity contribution is 6.31. The number of ketones is 1. The lowest BCUT2D eigenvalue weighted by molar-refractivity contribution is -0.114. The van der Waals surface area contributed by atoms with Crippen molar-refractivity contribution in [3.63, 3.8) is 0 Å². The van der Waals surface area contributed by atoms with Gasteiger partial charge in [-0.2, -0.15) is 0 Å². The first kappa shape index (κ1) is 19.8. The molecule has 29 heavy (non-hydrogen) atoms. The lowest BCUT2D eigenvalue weighted by Gasteiger charge is -2.18. The lowest BCUT2D eigenvalue weighted by Crippen LogP contribution is -2.18. The van der Waals surface area contributed by atoms with Crippen LogP contribution < -0.4 is 0 Å². The van der Waals surface area contributed by atoms with Crippen molar-refractivity contribution >= 4 is 28.7 Å². The van der Waals surface area contributed by atoms with Crippen LogP contribution in [0, 0.1) is 5.41 Å². The maximum atomic E-state index is 12.6. The highest BCUT2D eigenvalue weighted by Crippen LogP contribution is 2.32. The molecular formula is C25H25ClN2O. The molecule has 1 fully saturated rings. The molecule has 1 aliphatic heterocycles. The molecule has 4 rings (SSSR count). The van der Waals surface area contributed by atoms with Crippen molar-refractivity contribution in [1.29, 1.82) is 5.41 Å². The first-order chi connectivity index (χ1) is 14.1. The molecule has 0 radical (unpaired) electrons. The summed E-state index contributed by atoms with van der Waals surface area (Å²) < 4.78 is 0. The topological polar surface area (TPSA) is 44.2 Å². The van der Waals surface area contributed by atoms with Gasteiger partial charge in [0.05, 0.1) is 0 Å². The van der Waals surface area contributed by atoms with Gasteiger partial charge in [0.2, 0.25) is 0 Å². The fraction of sp³-hybridized carbons (Fsp3) is 0.280. The number of halogens is 1. The van der Waals surface area contributed by atoms with Crippen LogP contribution in [0.3, 0.4) is 0 Å². The minimum Gasteiger partial charge on any atom is -0.304 e. The molecule has 0 bridgehead atoms. The first-order valence-electron chi connectivity index (χ1n) is 10.1. The van der Waals surface area contributed by atoms with Crippen LogP contribution in [0.15, 0.2) is 66.3 Å². The van der Waals surface area contributed by atoms with Crippen LogP contribution in [0.4, 0.5) is 0 Å². The normalized spacial score (nSPS) is 18.0. The number of nitrogens with one attached hydrogen (secondary N) is 1. The number of fused-ring (bicyclic) bond motifs is 1. The fourth-order valence-corrected chi connectivity index (χ4v) is 4.30. The molecule has 0 spiro atoms. The van der Waals surface area contributed by atoms with E-state index in [1.54, 1.807) is 0 Å². The van der Waals surface area contributed by atoms with Crippen LogP contribution in [0.5, 0.6) is 0 Å². The summed E-state index contributed by atoms with van der Waals surface area (Å²) in [5.74, 6) is 0.187. The third-order valence-corrected chi connectivity index (χ3v) is 5.87. The van der Waals surface area contributed by atoms with Crippen molar-refractivity contribution in [2.75, 3.05) is 13.1 Å². The van der Waals surface area contributed by atoms with Gasteiger partial charge in [-0.05, 0) is 47.8 Å². The highest BCUT2D eigenvalue weighted by atomic mass is 35.5. The van der Waals surface area contributed by atoms with Crippen molar-refractivity contribution in [3.8, 4) is 0 Å². The number of benzene rings is 2. The molecule has 0 atom stereocenters. The van der Waals surface area contributed by atoms with Gasteiger partial charge >= 0.3 is 0 Å². The smallest absolute Gasteiger partial charge is 0.156 e. The van der Waals surface area contributed by atoms with Gasteiger partial charge < -0.3 is 5.41 Å². The maximum absolute atomic E-state index is 12.6. The number of carbonyl (C=O) groups is 1. The molecule has 0 unspecified atom stereocenters. The minimum absolute atomic E-state index is 0.187. The Morgan fingerprint density at radius 3 is 2.79 bits per heavy atom. The average Bonchev–Trinajstić information content (AvgIpc) is 3.15. The van der Waals surface area contributed by atoms with E-state index in [0.717, 1.165) is 42.8 Å². The van der Waals surface area contributed by atoms with Crippen molar-refractivity contribution in [3.05, 3.63) is 88.0 Å². The Bertz CT molecular complexity index is 991. The van der Waals surface area contributed by atoms with E-state index in [1.165, 1.54) is 11.1 Å². The van der Waals surface area contributed by atoms with Gasteiger partial charge in [0.25, 0.3) is 0 Å². The number of nitrogens with zero attached hydrogens (tertiary/aromatic N) is 1. The van der Waals surface area contributed by atoms with E-state index in [0.29, 0.717) is 30.0 Å². The predicted octanol–water partition coefficient (Wildman–Crippen LogP) is 5.68. The van der Waals surface area contributed by atoms with Crippen LogP contribution in [-0.2, 0) is 11.3 Å². The van der Waals surface area contributed by atoms with E-state index < -0.39 is 0 Å². The molecule has 2 aliphatic rings. The van der Waals surface area contributed by atoms with Crippen molar-refractivity contribution in [2.45, 2.75) is 32.2 Å². The van der Waals surface area contributed by atoms with Crippen LogP contribution in [0.1, 0.15) is 42.4 Å². The molecule has 0 saturated carbocycles. The van der Waals surface area contributed by atoms with E-state index in [9.17, 15) is 4.79 Å². The molecule has 1 N–H and O–H groups in total. The van der Waals surface area contributed by atoms with Gasteiger partial charge in [-0.25, -0.2) is 0 Å². The Kier molecular flexibility index (Phi) is 6.08. The minimum atomic E-state index is 0.187. The van der Waals surface area contributed by atoms with Gasteiger partial charge in [-0.1, -0.05) is 59.6 Å². The number of allylic oxidation sites excluding steroid dienone is 3. The van der Waals surface area contributed by atoms with Crippen molar-refractivity contribution in [1.82, 2.24) is 4.90 Å². The summed E-state index contributed by atoms with van der Waals surface area (Å²) in [7, 11) is 0. The van der Waals surface area contributed by atoms with E-state index in [4.69, 9.17) is 17.0 Å². The quantitative estimate of drug-likeness (QED) is 0.629. The molecule has 2 aromatic carbocycles. The average molecular weight is 405 g/mol. The van der Waals surface area contributed by atoms with Crippen molar-refractivity contribution in [2.24, 2.45) is 0 Å². The SMILES string of the molecule is N=C1CC=C(CCC(=O)/C=C2\CCN(Cc3ccccc3)C2)c2cc(Cl)ccc21.